The number of aromatic amines is 1. The van der Waals surface area contributed by atoms with Gasteiger partial charge in [-0.1, -0.05) is 12.1 Å². The molecule has 108 valence electrons. The van der Waals surface area contributed by atoms with Gasteiger partial charge in [0, 0.05) is 23.4 Å². The number of carbonyl (C=O) groups is 1. The topological polar surface area (TPSA) is 90.9 Å². The fourth-order valence-electron chi connectivity index (χ4n) is 2.74. The number of phenolic OH excluding ortho intramolecular Hbond substituents is 1. The number of nitrogens with zero attached hydrogens (tertiary/aromatic N) is 2. The number of aromatic nitrogens is 3. The molecule has 0 saturated heterocycles. The monoisotopic (exact) mass is 292 g/mol. The van der Waals surface area contributed by atoms with E-state index >= 15 is 0 Å². The number of benzene rings is 1. The van der Waals surface area contributed by atoms with E-state index in [-0.39, 0.29) is 11.7 Å². The van der Waals surface area contributed by atoms with Crippen molar-refractivity contribution in [3.05, 3.63) is 42.1 Å². The Balaban J connectivity index is 2.07. The minimum Gasteiger partial charge on any atom is -0.507 e. The predicted molar refractivity (Wildman–Crippen MR) is 83.3 cm³/mol. The Morgan fingerprint density at radius 3 is 2.77 bits per heavy atom. The number of para-hydroxylation sites is 1. The highest BCUT2D eigenvalue weighted by molar-refractivity contribution is 6.15. The molecule has 22 heavy (non-hydrogen) atoms. The Hall–Kier alpha value is -3.15. The summed E-state index contributed by atoms with van der Waals surface area (Å²) in [4.78, 5) is 15.0. The van der Waals surface area contributed by atoms with E-state index in [1.807, 2.05) is 19.2 Å². The van der Waals surface area contributed by atoms with Crippen LogP contribution in [0.25, 0.3) is 27.7 Å². The fourth-order valence-corrected chi connectivity index (χ4v) is 2.74. The van der Waals surface area contributed by atoms with Crippen LogP contribution in [0.5, 0.6) is 5.75 Å². The van der Waals surface area contributed by atoms with Gasteiger partial charge in [-0.2, -0.15) is 0 Å². The van der Waals surface area contributed by atoms with Gasteiger partial charge in [0.05, 0.1) is 10.9 Å². The van der Waals surface area contributed by atoms with Crippen LogP contribution in [0, 0.1) is 0 Å². The highest BCUT2D eigenvalue weighted by Gasteiger charge is 2.21. The van der Waals surface area contributed by atoms with Crippen LogP contribution in [0.1, 0.15) is 12.5 Å². The van der Waals surface area contributed by atoms with Crippen molar-refractivity contribution in [2.75, 3.05) is 5.32 Å². The van der Waals surface area contributed by atoms with Gasteiger partial charge in [0.1, 0.15) is 11.4 Å². The van der Waals surface area contributed by atoms with E-state index in [1.54, 1.807) is 18.2 Å². The SMILES string of the molecule is CC1=CC(=O)Nc2nnc(-c3ccccc3O)c3[nH]cc1c23. The molecule has 0 bridgehead atoms. The average Bonchev–Trinajstić information content (AvgIpc) is 2.89. The van der Waals surface area contributed by atoms with Crippen molar-refractivity contribution in [1.82, 2.24) is 15.2 Å². The molecule has 6 nitrogen and oxygen atoms in total. The van der Waals surface area contributed by atoms with Crippen LogP contribution in [0.4, 0.5) is 5.82 Å². The van der Waals surface area contributed by atoms with E-state index in [2.05, 4.69) is 20.5 Å². The number of nitrogens with one attached hydrogen (secondary N) is 2. The number of rotatable bonds is 1. The summed E-state index contributed by atoms with van der Waals surface area (Å²) in [5.41, 5.74) is 3.62. The van der Waals surface area contributed by atoms with E-state index in [4.69, 9.17) is 0 Å². The van der Waals surface area contributed by atoms with E-state index in [1.165, 1.54) is 6.08 Å². The first-order chi connectivity index (χ1) is 10.6. The molecule has 1 aliphatic heterocycles. The van der Waals surface area contributed by atoms with Crippen LogP contribution in [0.3, 0.4) is 0 Å². The lowest BCUT2D eigenvalue weighted by Gasteiger charge is -2.07. The number of allylic oxidation sites excluding steroid dienone is 1. The van der Waals surface area contributed by atoms with E-state index in [0.29, 0.717) is 17.1 Å². The molecular formula is C16H12N4O2. The van der Waals surface area contributed by atoms with E-state index in [9.17, 15) is 9.90 Å². The molecule has 0 aliphatic carbocycles. The van der Waals surface area contributed by atoms with Crippen molar-refractivity contribution in [3.8, 4) is 17.0 Å². The molecule has 1 aliphatic rings. The van der Waals surface area contributed by atoms with Gasteiger partial charge in [-0.15, -0.1) is 10.2 Å². The Kier molecular flexibility index (Phi) is 2.53. The smallest absolute Gasteiger partial charge is 0.249 e. The van der Waals surface area contributed by atoms with Crippen LogP contribution in [-0.2, 0) is 4.79 Å². The van der Waals surface area contributed by atoms with Gasteiger partial charge in [-0.05, 0) is 24.6 Å². The summed E-state index contributed by atoms with van der Waals surface area (Å²) in [6, 6.07) is 6.95. The van der Waals surface area contributed by atoms with Crippen molar-refractivity contribution in [2.45, 2.75) is 6.92 Å². The zero-order chi connectivity index (χ0) is 15.3. The van der Waals surface area contributed by atoms with E-state index < -0.39 is 0 Å². The molecule has 0 radical (unpaired) electrons. The number of phenols is 1. The van der Waals surface area contributed by atoms with Crippen molar-refractivity contribution in [3.63, 3.8) is 0 Å². The maximum atomic E-state index is 11.8. The quantitative estimate of drug-likeness (QED) is 0.643. The van der Waals surface area contributed by atoms with Crippen LogP contribution in [0.15, 0.2) is 36.5 Å². The number of H-pyrrole nitrogens is 1. The second-order valence-electron chi connectivity index (χ2n) is 5.18. The Morgan fingerprint density at radius 1 is 1.14 bits per heavy atom. The van der Waals surface area contributed by atoms with Crippen molar-refractivity contribution < 1.29 is 9.90 Å². The molecule has 0 unspecified atom stereocenters. The number of amides is 1. The summed E-state index contributed by atoms with van der Waals surface area (Å²) in [6.07, 6.45) is 3.36. The van der Waals surface area contributed by atoms with Gasteiger partial charge >= 0.3 is 0 Å². The highest BCUT2D eigenvalue weighted by Crippen LogP contribution is 2.38. The molecule has 2 aromatic heterocycles. The molecular weight excluding hydrogens is 280 g/mol. The van der Waals surface area contributed by atoms with Gasteiger partial charge in [0.2, 0.25) is 5.91 Å². The number of anilines is 1. The molecule has 0 atom stereocenters. The minimum atomic E-state index is -0.223. The largest absolute Gasteiger partial charge is 0.507 e. The average molecular weight is 292 g/mol. The summed E-state index contributed by atoms with van der Waals surface area (Å²) < 4.78 is 0. The van der Waals surface area contributed by atoms with Gasteiger partial charge in [-0.25, -0.2) is 0 Å². The third-order valence-corrected chi connectivity index (χ3v) is 3.78. The zero-order valence-corrected chi connectivity index (χ0v) is 11.7. The second-order valence-corrected chi connectivity index (χ2v) is 5.18. The third kappa shape index (κ3) is 1.70. The second kappa shape index (κ2) is 4.42. The lowest BCUT2D eigenvalue weighted by atomic mass is 10.0. The molecule has 0 spiro atoms. The fraction of sp³-hybridized carbons (Fsp3) is 0.0625. The molecule has 4 rings (SSSR count). The summed E-state index contributed by atoms with van der Waals surface area (Å²) in [5.74, 6) is 0.330. The zero-order valence-electron chi connectivity index (χ0n) is 11.7. The number of hydrogen-bond acceptors (Lipinski definition) is 4. The van der Waals surface area contributed by atoms with Crippen LogP contribution in [-0.4, -0.2) is 26.2 Å². The summed E-state index contributed by atoms with van der Waals surface area (Å²) >= 11 is 0. The Morgan fingerprint density at radius 2 is 1.95 bits per heavy atom. The molecule has 1 aromatic carbocycles. The maximum Gasteiger partial charge on any atom is 0.249 e. The summed E-state index contributed by atoms with van der Waals surface area (Å²) in [6.45, 7) is 1.87. The van der Waals surface area contributed by atoms with Crippen LogP contribution < -0.4 is 5.32 Å². The van der Waals surface area contributed by atoms with E-state index in [0.717, 1.165) is 22.0 Å². The lowest BCUT2D eigenvalue weighted by Crippen LogP contribution is -2.09. The number of aromatic hydroxyl groups is 1. The van der Waals surface area contributed by atoms with Crippen LogP contribution in [0.2, 0.25) is 0 Å². The standard InChI is InChI=1S/C16H12N4O2/c1-8-6-12(22)18-16-13-10(8)7-17-15(13)14(19-20-16)9-4-2-3-5-11(9)21/h2-7,17,21H,1H3,(H,18,20,22). The molecule has 3 heterocycles. The molecule has 3 N–H and O–H groups in total. The highest BCUT2D eigenvalue weighted by atomic mass is 16.3. The van der Waals surface area contributed by atoms with Gasteiger partial charge in [-0.3, -0.25) is 4.79 Å². The van der Waals surface area contributed by atoms with Gasteiger partial charge in [0.15, 0.2) is 5.82 Å². The van der Waals surface area contributed by atoms with Gasteiger partial charge < -0.3 is 15.4 Å². The number of carbonyl (C=O) groups excluding carboxylic acids is 1. The molecule has 3 aromatic rings. The maximum absolute atomic E-state index is 11.8. The summed E-state index contributed by atoms with van der Waals surface area (Å²) in [7, 11) is 0. The Bertz CT molecular complexity index is 956. The Labute approximate surface area is 125 Å². The predicted octanol–water partition coefficient (Wildman–Crippen LogP) is 2.69. The molecule has 0 saturated carbocycles. The minimum absolute atomic E-state index is 0.133. The molecule has 6 heteroatoms. The molecule has 1 amide bonds. The normalized spacial score (nSPS) is 13.7. The van der Waals surface area contributed by atoms with Crippen molar-refractivity contribution in [2.24, 2.45) is 0 Å². The van der Waals surface area contributed by atoms with Crippen LogP contribution >= 0.6 is 0 Å². The first-order valence-electron chi connectivity index (χ1n) is 6.81. The lowest BCUT2D eigenvalue weighted by molar-refractivity contribution is -0.111. The first kappa shape index (κ1) is 12.6. The third-order valence-electron chi connectivity index (χ3n) is 3.78. The van der Waals surface area contributed by atoms with Gasteiger partial charge in [0.25, 0.3) is 0 Å². The first-order valence-corrected chi connectivity index (χ1v) is 6.81. The molecule has 0 fully saturated rings. The van der Waals surface area contributed by atoms with Crippen molar-refractivity contribution >= 4 is 28.2 Å². The van der Waals surface area contributed by atoms with Crippen molar-refractivity contribution in [1.29, 1.82) is 0 Å². The number of hydrogen-bond donors (Lipinski definition) is 3. The summed E-state index contributed by atoms with van der Waals surface area (Å²) in [5, 5.41) is 21.9.